The number of nitrogens with zero attached hydrogens (tertiary/aromatic N) is 4. The minimum atomic E-state index is 0.236. The number of aromatic nitrogens is 2. The molecule has 6 heteroatoms. The van der Waals surface area contributed by atoms with Crippen LogP contribution in [0.3, 0.4) is 0 Å². The van der Waals surface area contributed by atoms with E-state index in [0.717, 1.165) is 26.2 Å². The maximum atomic E-state index is 11.6. The Bertz CT molecular complexity index is 422. The Hall–Kier alpha value is -1.43. The lowest BCUT2D eigenvalue weighted by molar-refractivity contribution is -0.132. The quantitative estimate of drug-likeness (QED) is 0.820. The van der Waals surface area contributed by atoms with Crippen LogP contribution in [0, 0.1) is 0 Å². The fourth-order valence-electron chi connectivity index (χ4n) is 2.13. The van der Waals surface area contributed by atoms with E-state index in [2.05, 4.69) is 15.1 Å². The van der Waals surface area contributed by atoms with Gasteiger partial charge in [-0.3, -0.25) is 9.69 Å². The molecule has 106 valence electrons. The summed E-state index contributed by atoms with van der Waals surface area (Å²) in [5.74, 6) is 1.86. The van der Waals surface area contributed by atoms with Crippen molar-refractivity contribution < 1.29 is 9.21 Å². The van der Waals surface area contributed by atoms with Crippen LogP contribution < -0.4 is 0 Å². The second-order valence-electron chi connectivity index (χ2n) is 5.20. The fourth-order valence-corrected chi connectivity index (χ4v) is 2.13. The Morgan fingerprint density at radius 2 is 1.95 bits per heavy atom. The van der Waals surface area contributed by atoms with E-state index >= 15 is 0 Å². The van der Waals surface area contributed by atoms with Gasteiger partial charge >= 0.3 is 0 Å². The van der Waals surface area contributed by atoms with Crippen LogP contribution in [0.4, 0.5) is 0 Å². The number of carbonyl (C=O) groups excluding carboxylic acids is 1. The van der Waals surface area contributed by atoms with E-state index in [1.807, 2.05) is 25.7 Å². The lowest BCUT2D eigenvalue weighted by Gasteiger charge is -2.33. The van der Waals surface area contributed by atoms with E-state index in [9.17, 15) is 4.79 Å². The van der Waals surface area contributed by atoms with Crippen LogP contribution in [0.2, 0.25) is 0 Å². The highest BCUT2D eigenvalue weighted by molar-refractivity contribution is 5.75. The largest absolute Gasteiger partial charge is 0.424 e. The van der Waals surface area contributed by atoms with Gasteiger partial charge in [-0.1, -0.05) is 20.8 Å². The number of hydrogen-bond donors (Lipinski definition) is 0. The maximum Gasteiger partial charge on any atom is 0.230 e. The molecule has 1 saturated heterocycles. The van der Waals surface area contributed by atoms with Crippen LogP contribution in [0.1, 0.15) is 44.9 Å². The lowest BCUT2D eigenvalue weighted by atomic mass is 10.2. The van der Waals surface area contributed by atoms with Gasteiger partial charge in [0.2, 0.25) is 17.7 Å². The van der Waals surface area contributed by atoms with Gasteiger partial charge in [-0.05, 0) is 0 Å². The molecule has 2 rings (SSSR count). The van der Waals surface area contributed by atoms with Gasteiger partial charge in [0.25, 0.3) is 0 Å². The third-order valence-electron chi connectivity index (χ3n) is 3.36. The molecule has 0 radical (unpaired) electrons. The van der Waals surface area contributed by atoms with Crippen LogP contribution in [0.5, 0.6) is 0 Å². The summed E-state index contributed by atoms with van der Waals surface area (Å²) >= 11 is 0. The molecule has 0 saturated carbocycles. The molecule has 6 nitrogen and oxygen atoms in total. The predicted octanol–water partition coefficient (Wildman–Crippen LogP) is 1.25. The highest BCUT2D eigenvalue weighted by Crippen LogP contribution is 2.14. The molecule has 1 aliphatic rings. The number of rotatable bonds is 4. The van der Waals surface area contributed by atoms with Crippen molar-refractivity contribution in [1.29, 1.82) is 0 Å². The second-order valence-corrected chi connectivity index (χ2v) is 5.20. The molecular formula is C13H22N4O2. The van der Waals surface area contributed by atoms with Gasteiger partial charge in [0, 0.05) is 38.5 Å². The molecule has 0 bridgehead atoms. The first kappa shape index (κ1) is 14.0. The van der Waals surface area contributed by atoms with Crippen LogP contribution in [-0.4, -0.2) is 52.1 Å². The van der Waals surface area contributed by atoms with Gasteiger partial charge in [0.05, 0.1) is 6.54 Å². The summed E-state index contributed by atoms with van der Waals surface area (Å²) in [6, 6.07) is 0. The van der Waals surface area contributed by atoms with Crippen molar-refractivity contribution in [3.8, 4) is 0 Å². The van der Waals surface area contributed by atoms with Gasteiger partial charge in [-0.25, -0.2) is 0 Å². The van der Waals surface area contributed by atoms with Crippen LogP contribution in [0.25, 0.3) is 0 Å². The molecule has 1 fully saturated rings. The van der Waals surface area contributed by atoms with Crippen molar-refractivity contribution in [3.05, 3.63) is 11.8 Å². The fraction of sp³-hybridized carbons (Fsp3) is 0.769. The first-order valence-electron chi connectivity index (χ1n) is 6.92. The zero-order chi connectivity index (χ0) is 13.8. The Labute approximate surface area is 113 Å². The lowest BCUT2D eigenvalue weighted by Crippen LogP contribution is -2.48. The average molecular weight is 266 g/mol. The second kappa shape index (κ2) is 6.14. The van der Waals surface area contributed by atoms with Gasteiger partial charge in [-0.15, -0.1) is 10.2 Å². The summed E-state index contributed by atoms with van der Waals surface area (Å²) in [4.78, 5) is 15.7. The van der Waals surface area contributed by atoms with Crippen molar-refractivity contribution in [2.45, 2.75) is 39.7 Å². The molecule has 1 amide bonds. The normalized spacial score (nSPS) is 17.2. The van der Waals surface area contributed by atoms with E-state index in [4.69, 9.17) is 4.42 Å². The molecule has 0 atom stereocenters. The van der Waals surface area contributed by atoms with Crippen molar-refractivity contribution in [1.82, 2.24) is 20.0 Å². The molecule has 1 aromatic rings. The van der Waals surface area contributed by atoms with Crippen molar-refractivity contribution in [2.75, 3.05) is 26.2 Å². The Balaban J connectivity index is 1.83. The number of hydrogen-bond acceptors (Lipinski definition) is 5. The van der Waals surface area contributed by atoms with Crippen molar-refractivity contribution in [3.63, 3.8) is 0 Å². The highest BCUT2D eigenvalue weighted by atomic mass is 16.4. The molecule has 2 heterocycles. The zero-order valence-electron chi connectivity index (χ0n) is 11.9. The molecule has 0 spiro atoms. The number of piperazine rings is 1. The molecule has 19 heavy (non-hydrogen) atoms. The molecule has 1 aliphatic heterocycles. The monoisotopic (exact) mass is 266 g/mol. The molecule has 0 unspecified atom stereocenters. The highest BCUT2D eigenvalue weighted by Gasteiger charge is 2.21. The van der Waals surface area contributed by atoms with E-state index in [1.165, 1.54) is 0 Å². The van der Waals surface area contributed by atoms with Crippen molar-refractivity contribution in [2.24, 2.45) is 0 Å². The minimum absolute atomic E-state index is 0.236. The summed E-state index contributed by atoms with van der Waals surface area (Å²) in [5, 5.41) is 8.09. The third-order valence-corrected chi connectivity index (χ3v) is 3.36. The standard InChI is InChI=1S/C13H22N4O2/c1-4-12(18)17-7-5-16(6-8-17)9-11-14-15-13(19-11)10(2)3/h10H,4-9H2,1-3H3. The van der Waals surface area contributed by atoms with E-state index in [0.29, 0.717) is 24.7 Å². The SMILES string of the molecule is CCC(=O)N1CCN(Cc2nnc(C(C)C)o2)CC1. The van der Waals surface area contributed by atoms with Crippen LogP contribution in [-0.2, 0) is 11.3 Å². The van der Waals surface area contributed by atoms with Crippen LogP contribution in [0.15, 0.2) is 4.42 Å². The predicted molar refractivity (Wildman–Crippen MR) is 70.5 cm³/mol. The Kier molecular flexibility index (Phi) is 4.52. The average Bonchev–Trinajstić information content (AvgIpc) is 2.87. The Morgan fingerprint density at radius 1 is 1.26 bits per heavy atom. The van der Waals surface area contributed by atoms with Crippen LogP contribution >= 0.6 is 0 Å². The maximum absolute atomic E-state index is 11.6. The summed E-state index contributed by atoms with van der Waals surface area (Å²) in [6.45, 7) is 9.96. The van der Waals surface area contributed by atoms with E-state index < -0.39 is 0 Å². The minimum Gasteiger partial charge on any atom is -0.424 e. The van der Waals surface area contributed by atoms with Gasteiger partial charge in [0.15, 0.2) is 0 Å². The van der Waals surface area contributed by atoms with E-state index in [1.54, 1.807) is 0 Å². The molecule has 1 aromatic heterocycles. The summed E-state index contributed by atoms with van der Waals surface area (Å²) in [5.41, 5.74) is 0. The molecule has 0 aromatic carbocycles. The molecule has 0 aliphatic carbocycles. The number of amides is 1. The van der Waals surface area contributed by atoms with Crippen molar-refractivity contribution >= 4 is 5.91 Å². The van der Waals surface area contributed by atoms with Gasteiger partial charge < -0.3 is 9.32 Å². The van der Waals surface area contributed by atoms with Gasteiger partial charge in [0.1, 0.15) is 0 Å². The molecular weight excluding hydrogens is 244 g/mol. The summed E-state index contributed by atoms with van der Waals surface area (Å²) in [6.07, 6.45) is 0.585. The zero-order valence-corrected chi connectivity index (χ0v) is 11.9. The molecule has 0 N–H and O–H groups in total. The Morgan fingerprint density at radius 3 is 2.47 bits per heavy atom. The van der Waals surface area contributed by atoms with Gasteiger partial charge in [-0.2, -0.15) is 0 Å². The summed E-state index contributed by atoms with van der Waals surface area (Å²) < 4.78 is 5.60. The number of carbonyl (C=O) groups is 1. The smallest absolute Gasteiger partial charge is 0.230 e. The van der Waals surface area contributed by atoms with E-state index in [-0.39, 0.29) is 11.8 Å². The summed E-state index contributed by atoms with van der Waals surface area (Å²) in [7, 11) is 0. The third kappa shape index (κ3) is 3.53. The first-order chi connectivity index (χ1) is 9.10. The topological polar surface area (TPSA) is 62.5 Å². The first-order valence-corrected chi connectivity index (χ1v) is 6.92.